The van der Waals surface area contributed by atoms with Gasteiger partial charge in [-0.05, 0) is 43.4 Å². The molecule has 2 N–H and O–H groups in total. The summed E-state index contributed by atoms with van der Waals surface area (Å²) in [5.41, 5.74) is 5.16. The first-order chi connectivity index (χ1) is 14.5. The van der Waals surface area contributed by atoms with Gasteiger partial charge in [0.2, 0.25) is 15.9 Å². The molecule has 0 heterocycles. The number of nitrogens with two attached hydrogens (primary N) is 1. The quantitative estimate of drug-likeness (QED) is 0.506. The van der Waals surface area contributed by atoms with Crippen molar-refractivity contribution in [3.05, 3.63) is 65.7 Å². The minimum absolute atomic E-state index is 0.110. The van der Waals surface area contributed by atoms with Crippen LogP contribution >= 0.6 is 11.6 Å². The summed E-state index contributed by atoms with van der Waals surface area (Å²) in [5, 5.41) is 0.406. The van der Waals surface area contributed by atoms with Crippen LogP contribution in [-0.4, -0.2) is 56.8 Å². The van der Waals surface area contributed by atoms with Gasteiger partial charge in [0.05, 0.1) is 11.4 Å². The van der Waals surface area contributed by atoms with Crippen molar-refractivity contribution in [2.75, 3.05) is 33.2 Å². The maximum absolute atomic E-state index is 14.6. The molecule has 0 fully saturated rings. The average Bonchev–Trinajstić information content (AvgIpc) is 2.69. The number of hydrogen-bond acceptors (Lipinski definition) is 5. The summed E-state index contributed by atoms with van der Waals surface area (Å²) in [5.74, 6) is -4.02. The van der Waals surface area contributed by atoms with Gasteiger partial charge in [0.25, 0.3) is 0 Å². The van der Waals surface area contributed by atoms with Crippen LogP contribution in [0.1, 0.15) is 0 Å². The fraction of sp³-hybridized carbons (Fsp3) is 0.250. The molecule has 0 spiro atoms. The van der Waals surface area contributed by atoms with E-state index in [2.05, 4.69) is 6.58 Å². The number of amides is 1. The zero-order valence-electron chi connectivity index (χ0n) is 16.7. The van der Waals surface area contributed by atoms with E-state index in [4.69, 9.17) is 22.1 Å². The Morgan fingerprint density at radius 1 is 1.19 bits per heavy atom. The van der Waals surface area contributed by atoms with E-state index in [1.807, 2.05) is 0 Å². The van der Waals surface area contributed by atoms with E-state index in [9.17, 15) is 22.0 Å². The third kappa shape index (κ3) is 6.73. The van der Waals surface area contributed by atoms with Gasteiger partial charge in [-0.1, -0.05) is 17.7 Å². The van der Waals surface area contributed by atoms with Crippen molar-refractivity contribution in [1.82, 2.24) is 9.21 Å². The van der Waals surface area contributed by atoms with E-state index in [-0.39, 0.29) is 18.8 Å². The Hall–Kier alpha value is -2.53. The van der Waals surface area contributed by atoms with Gasteiger partial charge in [0, 0.05) is 24.7 Å². The van der Waals surface area contributed by atoms with E-state index in [0.717, 1.165) is 4.31 Å². The second-order valence-corrected chi connectivity index (χ2v) is 9.00. The smallest absolute Gasteiger partial charge is 0.243 e. The Bertz CT molecular complexity index is 1030. The standard InChI is InChI=1S/C20H22ClF2N3O4S/c1-3-8-25(2)9-10-26(13-19(24)27)31(28,29)16-11-17(22)20(18(23)12-16)30-15-6-4-14(21)5-7-15/h3-7,11-12H,1,8-10,13H2,2H3,(H2,24,27). The second-order valence-electron chi connectivity index (χ2n) is 6.63. The highest BCUT2D eigenvalue weighted by Crippen LogP contribution is 2.31. The number of primary amides is 1. The zero-order chi connectivity index (χ0) is 23.2. The lowest BCUT2D eigenvalue weighted by atomic mass is 10.3. The van der Waals surface area contributed by atoms with Crippen LogP contribution in [0.5, 0.6) is 11.5 Å². The first-order valence-corrected chi connectivity index (χ1v) is 10.9. The Labute approximate surface area is 184 Å². The topological polar surface area (TPSA) is 92.9 Å². The average molecular weight is 474 g/mol. The molecular formula is C20H22ClF2N3O4S. The molecule has 0 atom stereocenters. The van der Waals surface area contributed by atoms with E-state index < -0.39 is 44.8 Å². The van der Waals surface area contributed by atoms with Crippen LogP contribution in [0.15, 0.2) is 53.9 Å². The number of hydrogen-bond donors (Lipinski definition) is 1. The highest BCUT2D eigenvalue weighted by Gasteiger charge is 2.29. The number of benzene rings is 2. The van der Waals surface area contributed by atoms with Crippen molar-refractivity contribution in [2.24, 2.45) is 5.73 Å². The van der Waals surface area contributed by atoms with Gasteiger partial charge >= 0.3 is 0 Å². The number of sulfonamides is 1. The molecule has 31 heavy (non-hydrogen) atoms. The minimum atomic E-state index is -4.42. The molecule has 168 valence electrons. The van der Waals surface area contributed by atoms with Gasteiger partial charge in [-0.3, -0.25) is 4.79 Å². The second kappa shape index (κ2) is 10.7. The lowest BCUT2D eigenvalue weighted by Crippen LogP contribution is -2.42. The van der Waals surface area contributed by atoms with E-state index in [1.165, 1.54) is 24.3 Å². The lowest BCUT2D eigenvalue weighted by molar-refractivity contribution is -0.118. The molecule has 7 nitrogen and oxygen atoms in total. The number of carbonyl (C=O) groups excluding carboxylic acids is 1. The Kier molecular flexibility index (Phi) is 8.52. The predicted molar refractivity (Wildman–Crippen MR) is 114 cm³/mol. The molecule has 0 aliphatic heterocycles. The Morgan fingerprint density at radius 2 is 1.77 bits per heavy atom. The Morgan fingerprint density at radius 3 is 2.29 bits per heavy atom. The molecule has 0 radical (unpaired) electrons. The summed E-state index contributed by atoms with van der Waals surface area (Å²) in [6, 6.07) is 7.00. The third-order valence-electron chi connectivity index (χ3n) is 4.15. The number of carbonyl (C=O) groups is 1. The first-order valence-electron chi connectivity index (χ1n) is 9.05. The van der Waals surface area contributed by atoms with Gasteiger partial charge in [0.15, 0.2) is 17.4 Å². The molecule has 0 unspecified atom stereocenters. The number of rotatable bonds is 11. The van der Waals surface area contributed by atoms with Gasteiger partial charge in [-0.2, -0.15) is 4.31 Å². The third-order valence-corrected chi connectivity index (χ3v) is 6.22. The lowest BCUT2D eigenvalue weighted by Gasteiger charge is -2.24. The summed E-state index contributed by atoms with van der Waals surface area (Å²) in [6.45, 7) is 3.53. The number of ether oxygens (including phenoxy) is 1. The molecule has 0 saturated heterocycles. The molecule has 0 bridgehead atoms. The maximum atomic E-state index is 14.6. The van der Waals surface area contributed by atoms with Crippen molar-refractivity contribution in [1.29, 1.82) is 0 Å². The van der Waals surface area contributed by atoms with Crippen molar-refractivity contribution in [3.8, 4) is 11.5 Å². The number of likely N-dealkylation sites (N-methyl/N-ethyl adjacent to an activating group) is 1. The van der Waals surface area contributed by atoms with Crippen molar-refractivity contribution in [2.45, 2.75) is 4.90 Å². The molecular weight excluding hydrogens is 452 g/mol. The van der Waals surface area contributed by atoms with Crippen LogP contribution in [0.3, 0.4) is 0 Å². The molecule has 0 aliphatic carbocycles. The normalized spacial score (nSPS) is 11.7. The maximum Gasteiger partial charge on any atom is 0.243 e. The van der Waals surface area contributed by atoms with Crippen LogP contribution in [0.2, 0.25) is 5.02 Å². The molecule has 11 heteroatoms. The molecule has 1 amide bonds. The Balaban J connectivity index is 2.33. The predicted octanol–water partition coefficient (Wildman–Crippen LogP) is 3.00. The monoisotopic (exact) mass is 473 g/mol. The fourth-order valence-corrected chi connectivity index (χ4v) is 4.15. The molecule has 2 aromatic rings. The molecule has 0 aliphatic rings. The molecule has 0 aromatic heterocycles. The van der Waals surface area contributed by atoms with Crippen LogP contribution in [-0.2, 0) is 14.8 Å². The summed E-state index contributed by atoms with van der Waals surface area (Å²) in [7, 11) is -2.70. The van der Waals surface area contributed by atoms with Crippen molar-refractivity contribution in [3.63, 3.8) is 0 Å². The van der Waals surface area contributed by atoms with E-state index in [1.54, 1.807) is 18.0 Å². The molecule has 0 saturated carbocycles. The van der Waals surface area contributed by atoms with Gasteiger partial charge in [-0.15, -0.1) is 6.58 Å². The summed E-state index contributed by atoms with van der Waals surface area (Å²) < 4.78 is 61.0. The minimum Gasteiger partial charge on any atom is -0.451 e. The van der Waals surface area contributed by atoms with Crippen molar-refractivity contribution < 1.29 is 26.7 Å². The van der Waals surface area contributed by atoms with Crippen LogP contribution in [0.25, 0.3) is 0 Å². The van der Waals surface area contributed by atoms with Crippen molar-refractivity contribution >= 4 is 27.5 Å². The van der Waals surface area contributed by atoms with Gasteiger partial charge < -0.3 is 15.4 Å². The largest absolute Gasteiger partial charge is 0.451 e. The fourth-order valence-electron chi connectivity index (χ4n) is 2.60. The zero-order valence-corrected chi connectivity index (χ0v) is 18.3. The van der Waals surface area contributed by atoms with Gasteiger partial charge in [0.1, 0.15) is 5.75 Å². The summed E-state index contributed by atoms with van der Waals surface area (Å²) >= 11 is 5.76. The van der Waals surface area contributed by atoms with E-state index in [0.29, 0.717) is 23.7 Å². The van der Waals surface area contributed by atoms with Crippen LogP contribution in [0, 0.1) is 11.6 Å². The van der Waals surface area contributed by atoms with Gasteiger partial charge in [-0.25, -0.2) is 17.2 Å². The van der Waals surface area contributed by atoms with E-state index >= 15 is 0 Å². The SMILES string of the molecule is C=CCN(C)CCN(CC(N)=O)S(=O)(=O)c1cc(F)c(Oc2ccc(Cl)cc2)c(F)c1. The number of nitrogens with zero attached hydrogens (tertiary/aromatic N) is 2. The van der Waals surface area contributed by atoms with Crippen LogP contribution < -0.4 is 10.5 Å². The molecule has 2 rings (SSSR count). The molecule has 2 aromatic carbocycles. The summed E-state index contributed by atoms with van der Waals surface area (Å²) in [6.07, 6.45) is 1.62. The first kappa shape index (κ1) is 24.7. The highest BCUT2D eigenvalue weighted by molar-refractivity contribution is 7.89. The van der Waals surface area contributed by atoms with Crippen LogP contribution in [0.4, 0.5) is 8.78 Å². The summed E-state index contributed by atoms with van der Waals surface area (Å²) in [4.78, 5) is 12.5. The number of halogens is 3. The highest BCUT2D eigenvalue weighted by atomic mass is 35.5.